The molecule has 1 aromatic carbocycles. The molecule has 0 aliphatic carbocycles. The van der Waals surface area contributed by atoms with Gasteiger partial charge in [0.15, 0.2) is 0 Å². The van der Waals surface area contributed by atoms with Gasteiger partial charge in [-0.05, 0) is 29.8 Å². The van der Waals surface area contributed by atoms with Crippen molar-refractivity contribution < 1.29 is 9.84 Å². The number of aromatic hydroxyl groups is 1. The number of nitrogens with two attached hydrogens (primary N) is 1. The van der Waals surface area contributed by atoms with Crippen molar-refractivity contribution in [2.75, 3.05) is 5.73 Å². The van der Waals surface area contributed by atoms with Gasteiger partial charge in [0.25, 0.3) is 0 Å². The maximum absolute atomic E-state index is 9.38. The first kappa shape index (κ1) is 10.3. The highest BCUT2D eigenvalue weighted by Crippen LogP contribution is 2.30. The largest absolute Gasteiger partial charge is 0.506 e. The van der Waals surface area contributed by atoms with Crippen LogP contribution in [0.15, 0.2) is 42.7 Å². The van der Waals surface area contributed by atoms with Gasteiger partial charge in [-0.2, -0.15) is 0 Å². The van der Waals surface area contributed by atoms with Crippen LogP contribution in [0.25, 0.3) is 0 Å². The SMILES string of the molecule is Nc1c(O)cccc1OCc1ccncc1. The van der Waals surface area contributed by atoms with E-state index in [9.17, 15) is 5.11 Å². The summed E-state index contributed by atoms with van der Waals surface area (Å²) < 4.78 is 5.49. The zero-order valence-corrected chi connectivity index (χ0v) is 8.63. The van der Waals surface area contributed by atoms with Crippen LogP contribution in [0.5, 0.6) is 11.5 Å². The Bertz CT molecular complexity index is 472. The van der Waals surface area contributed by atoms with Gasteiger partial charge in [-0.25, -0.2) is 0 Å². The zero-order chi connectivity index (χ0) is 11.4. The van der Waals surface area contributed by atoms with E-state index in [0.29, 0.717) is 12.4 Å². The van der Waals surface area contributed by atoms with Crippen LogP contribution in [0.4, 0.5) is 5.69 Å². The second-order valence-electron chi connectivity index (χ2n) is 3.33. The summed E-state index contributed by atoms with van der Waals surface area (Å²) in [5, 5.41) is 9.38. The highest BCUT2D eigenvalue weighted by molar-refractivity contribution is 5.61. The fourth-order valence-electron chi connectivity index (χ4n) is 1.30. The summed E-state index contributed by atoms with van der Waals surface area (Å²) in [5.41, 5.74) is 6.92. The van der Waals surface area contributed by atoms with E-state index < -0.39 is 0 Å². The van der Waals surface area contributed by atoms with Crippen LogP contribution in [0.2, 0.25) is 0 Å². The van der Waals surface area contributed by atoms with E-state index in [1.165, 1.54) is 6.07 Å². The molecule has 0 radical (unpaired) electrons. The highest BCUT2D eigenvalue weighted by Gasteiger charge is 2.04. The van der Waals surface area contributed by atoms with Crippen molar-refractivity contribution in [2.24, 2.45) is 0 Å². The van der Waals surface area contributed by atoms with Gasteiger partial charge in [-0.3, -0.25) is 4.98 Å². The number of hydrogen-bond acceptors (Lipinski definition) is 4. The third kappa shape index (κ3) is 2.23. The molecule has 2 rings (SSSR count). The molecule has 0 atom stereocenters. The van der Waals surface area contributed by atoms with E-state index in [2.05, 4.69) is 4.98 Å². The number of anilines is 1. The molecule has 16 heavy (non-hydrogen) atoms. The van der Waals surface area contributed by atoms with Crippen molar-refractivity contribution in [3.8, 4) is 11.5 Å². The number of nitrogen functional groups attached to an aromatic ring is 1. The Hall–Kier alpha value is -2.23. The van der Waals surface area contributed by atoms with E-state index in [0.717, 1.165) is 5.56 Å². The summed E-state index contributed by atoms with van der Waals surface area (Å²) >= 11 is 0. The Kier molecular flexibility index (Phi) is 2.91. The van der Waals surface area contributed by atoms with Crippen LogP contribution < -0.4 is 10.5 Å². The number of aromatic nitrogens is 1. The molecule has 0 amide bonds. The molecular weight excluding hydrogens is 204 g/mol. The topological polar surface area (TPSA) is 68.4 Å². The molecule has 0 unspecified atom stereocenters. The number of ether oxygens (including phenoxy) is 1. The second-order valence-corrected chi connectivity index (χ2v) is 3.33. The summed E-state index contributed by atoms with van der Waals surface area (Å²) in [6, 6.07) is 8.65. The van der Waals surface area contributed by atoms with Gasteiger partial charge in [0, 0.05) is 12.4 Å². The minimum atomic E-state index is 0.0345. The summed E-state index contributed by atoms with van der Waals surface area (Å²) in [5.74, 6) is 0.518. The second kappa shape index (κ2) is 4.53. The van der Waals surface area contributed by atoms with Crippen LogP contribution in [-0.4, -0.2) is 10.1 Å². The summed E-state index contributed by atoms with van der Waals surface area (Å²) in [6.45, 7) is 0.399. The van der Waals surface area contributed by atoms with E-state index in [4.69, 9.17) is 10.5 Å². The smallest absolute Gasteiger partial charge is 0.146 e. The van der Waals surface area contributed by atoms with Gasteiger partial charge in [-0.1, -0.05) is 6.07 Å². The zero-order valence-electron chi connectivity index (χ0n) is 8.63. The molecule has 0 fully saturated rings. The standard InChI is InChI=1S/C12H12N2O2/c13-12-10(15)2-1-3-11(12)16-8-9-4-6-14-7-5-9/h1-7,15H,8,13H2. The van der Waals surface area contributed by atoms with Crippen molar-refractivity contribution in [2.45, 2.75) is 6.61 Å². The quantitative estimate of drug-likeness (QED) is 0.607. The van der Waals surface area contributed by atoms with Gasteiger partial charge in [-0.15, -0.1) is 0 Å². The number of nitrogens with zero attached hydrogens (tertiary/aromatic N) is 1. The minimum absolute atomic E-state index is 0.0345. The number of para-hydroxylation sites is 1. The average Bonchev–Trinajstić information content (AvgIpc) is 2.32. The van der Waals surface area contributed by atoms with E-state index in [1.54, 1.807) is 24.5 Å². The Morgan fingerprint density at radius 1 is 1.19 bits per heavy atom. The lowest BCUT2D eigenvalue weighted by Crippen LogP contribution is -1.98. The Morgan fingerprint density at radius 3 is 2.69 bits per heavy atom. The summed E-state index contributed by atoms with van der Waals surface area (Å²) in [7, 11) is 0. The van der Waals surface area contributed by atoms with Crippen LogP contribution in [-0.2, 0) is 6.61 Å². The fourth-order valence-corrected chi connectivity index (χ4v) is 1.30. The first-order valence-electron chi connectivity index (χ1n) is 4.86. The maximum atomic E-state index is 9.38. The Morgan fingerprint density at radius 2 is 1.94 bits per heavy atom. The van der Waals surface area contributed by atoms with E-state index in [-0.39, 0.29) is 11.4 Å². The molecule has 0 saturated heterocycles. The van der Waals surface area contributed by atoms with Crippen LogP contribution in [0.3, 0.4) is 0 Å². The molecule has 1 aromatic heterocycles. The molecule has 2 aromatic rings. The molecule has 0 bridgehead atoms. The van der Waals surface area contributed by atoms with Crippen molar-refractivity contribution in [3.63, 3.8) is 0 Å². The average molecular weight is 216 g/mol. The molecule has 4 nitrogen and oxygen atoms in total. The molecule has 0 saturated carbocycles. The van der Waals surface area contributed by atoms with Gasteiger partial charge in [0.2, 0.25) is 0 Å². The van der Waals surface area contributed by atoms with E-state index >= 15 is 0 Å². The predicted octanol–water partition coefficient (Wildman–Crippen LogP) is 1.95. The molecule has 1 heterocycles. The normalized spacial score (nSPS) is 10.0. The molecule has 82 valence electrons. The van der Waals surface area contributed by atoms with Crippen LogP contribution in [0, 0.1) is 0 Å². The van der Waals surface area contributed by atoms with Crippen LogP contribution >= 0.6 is 0 Å². The lowest BCUT2D eigenvalue weighted by Gasteiger charge is -2.09. The predicted molar refractivity (Wildman–Crippen MR) is 61.1 cm³/mol. The number of rotatable bonds is 3. The van der Waals surface area contributed by atoms with Gasteiger partial charge < -0.3 is 15.6 Å². The maximum Gasteiger partial charge on any atom is 0.146 e. The van der Waals surface area contributed by atoms with Crippen molar-refractivity contribution >= 4 is 5.69 Å². The number of benzene rings is 1. The monoisotopic (exact) mass is 216 g/mol. The first-order valence-corrected chi connectivity index (χ1v) is 4.86. The van der Waals surface area contributed by atoms with E-state index in [1.807, 2.05) is 12.1 Å². The first-order chi connectivity index (χ1) is 7.77. The number of hydrogen-bond donors (Lipinski definition) is 2. The van der Waals surface area contributed by atoms with Crippen molar-refractivity contribution in [3.05, 3.63) is 48.3 Å². The Labute approximate surface area is 93.3 Å². The molecule has 0 aliphatic rings. The van der Waals surface area contributed by atoms with Crippen molar-refractivity contribution in [1.29, 1.82) is 0 Å². The molecule has 0 aliphatic heterocycles. The molecule has 0 spiro atoms. The summed E-state index contributed by atoms with van der Waals surface area (Å²) in [4.78, 5) is 3.91. The third-order valence-corrected chi connectivity index (χ3v) is 2.19. The Balaban J connectivity index is 2.08. The number of phenols is 1. The van der Waals surface area contributed by atoms with Crippen LogP contribution in [0.1, 0.15) is 5.56 Å². The minimum Gasteiger partial charge on any atom is -0.506 e. The van der Waals surface area contributed by atoms with Gasteiger partial charge >= 0.3 is 0 Å². The van der Waals surface area contributed by atoms with Gasteiger partial charge in [0.1, 0.15) is 23.8 Å². The molecule has 3 N–H and O–H groups in total. The lowest BCUT2D eigenvalue weighted by atomic mass is 10.2. The molecule has 4 heteroatoms. The molecular formula is C12H12N2O2. The van der Waals surface area contributed by atoms with Gasteiger partial charge in [0.05, 0.1) is 0 Å². The number of phenolic OH excluding ortho intramolecular Hbond substituents is 1. The highest BCUT2D eigenvalue weighted by atomic mass is 16.5. The number of pyridine rings is 1. The van der Waals surface area contributed by atoms with Crippen molar-refractivity contribution in [1.82, 2.24) is 4.98 Å². The summed E-state index contributed by atoms with van der Waals surface area (Å²) in [6.07, 6.45) is 3.40. The fraction of sp³-hybridized carbons (Fsp3) is 0.0833. The lowest BCUT2D eigenvalue weighted by molar-refractivity contribution is 0.306. The third-order valence-electron chi connectivity index (χ3n) is 2.19.